The number of halogens is 2. The van der Waals surface area contributed by atoms with Crippen LogP contribution in [0.4, 0.5) is 8.78 Å². The molecule has 1 aromatic rings. The van der Waals surface area contributed by atoms with E-state index in [9.17, 15) is 8.78 Å². The molecule has 1 saturated carbocycles. The maximum absolute atomic E-state index is 13.7. The first kappa shape index (κ1) is 16.3. The van der Waals surface area contributed by atoms with Crippen LogP contribution >= 0.6 is 0 Å². The van der Waals surface area contributed by atoms with Crippen molar-refractivity contribution in [2.24, 2.45) is 11.8 Å². The SMILES string of the molecule is CCCCC1CCC(COc2ccc(C)c(F)c2F)CC1. The topological polar surface area (TPSA) is 9.23 Å². The summed E-state index contributed by atoms with van der Waals surface area (Å²) in [6, 6.07) is 3.09. The number of ether oxygens (including phenoxy) is 1. The van der Waals surface area contributed by atoms with E-state index in [2.05, 4.69) is 6.92 Å². The minimum Gasteiger partial charge on any atom is -0.490 e. The predicted molar refractivity (Wildman–Crippen MR) is 81.6 cm³/mol. The molecule has 0 heterocycles. The lowest BCUT2D eigenvalue weighted by molar-refractivity contribution is 0.172. The first-order valence-corrected chi connectivity index (χ1v) is 8.19. The summed E-state index contributed by atoms with van der Waals surface area (Å²) in [4.78, 5) is 0. The van der Waals surface area contributed by atoms with E-state index >= 15 is 0 Å². The zero-order valence-electron chi connectivity index (χ0n) is 13.1. The summed E-state index contributed by atoms with van der Waals surface area (Å²) >= 11 is 0. The standard InChI is InChI=1S/C18H26F2O/c1-3-4-5-14-7-9-15(10-8-14)12-21-16-11-6-13(2)17(19)18(16)20/h6,11,14-15H,3-5,7-10,12H2,1-2H3. The fraction of sp³-hybridized carbons (Fsp3) is 0.667. The molecule has 0 amide bonds. The van der Waals surface area contributed by atoms with Crippen LogP contribution in [-0.2, 0) is 0 Å². The third-order valence-corrected chi connectivity index (χ3v) is 4.65. The lowest BCUT2D eigenvalue weighted by Crippen LogP contribution is -2.20. The Labute approximate surface area is 126 Å². The first-order valence-electron chi connectivity index (χ1n) is 8.19. The number of aryl methyl sites for hydroxylation is 1. The van der Waals surface area contributed by atoms with Gasteiger partial charge in [-0.1, -0.05) is 45.1 Å². The van der Waals surface area contributed by atoms with Crippen molar-refractivity contribution in [3.63, 3.8) is 0 Å². The van der Waals surface area contributed by atoms with E-state index in [1.54, 1.807) is 13.0 Å². The molecule has 1 aliphatic rings. The molecule has 1 aromatic carbocycles. The number of hydrogen-bond acceptors (Lipinski definition) is 1. The number of unbranched alkanes of at least 4 members (excludes halogenated alkanes) is 1. The molecule has 1 nitrogen and oxygen atoms in total. The van der Waals surface area contributed by atoms with Crippen molar-refractivity contribution in [2.45, 2.75) is 58.8 Å². The van der Waals surface area contributed by atoms with Crippen molar-refractivity contribution in [1.82, 2.24) is 0 Å². The van der Waals surface area contributed by atoms with Crippen molar-refractivity contribution in [2.75, 3.05) is 6.61 Å². The number of benzene rings is 1. The van der Waals surface area contributed by atoms with Crippen molar-refractivity contribution >= 4 is 0 Å². The van der Waals surface area contributed by atoms with Crippen LogP contribution < -0.4 is 4.74 Å². The van der Waals surface area contributed by atoms with Gasteiger partial charge in [0.25, 0.3) is 0 Å². The second-order valence-electron chi connectivity index (χ2n) is 6.35. The highest BCUT2D eigenvalue weighted by molar-refractivity contribution is 5.30. The van der Waals surface area contributed by atoms with Crippen LogP contribution in [0.25, 0.3) is 0 Å². The highest BCUT2D eigenvalue weighted by Gasteiger charge is 2.22. The lowest BCUT2D eigenvalue weighted by Gasteiger charge is -2.28. The molecule has 1 aliphatic carbocycles. The average molecular weight is 296 g/mol. The van der Waals surface area contributed by atoms with E-state index in [4.69, 9.17) is 4.74 Å². The molecule has 1 fully saturated rings. The molecule has 0 saturated heterocycles. The zero-order valence-corrected chi connectivity index (χ0v) is 13.1. The molecule has 0 bridgehead atoms. The first-order chi connectivity index (χ1) is 10.1. The zero-order chi connectivity index (χ0) is 15.2. The molecular weight excluding hydrogens is 270 g/mol. The van der Waals surface area contributed by atoms with E-state index in [0.717, 1.165) is 18.8 Å². The molecule has 3 heteroatoms. The van der Waals surface area contributed by atoms with Gasteiger partial charge in [-0.15, -0.1) is 0 Å². The van der Waals surface area contributed by atoms with Gasteiger partial charge < -0.3 is 4.74 Å². The summed E-state index contributed by atoms with van der Waals surface area (Å²) in [7, 11) is 0. The molecule has 0 radical (unpaired) electrons. The Morgan fingerprint density at radius 1 is 1.05 bits per heavy atom. The summed E-state index contributed by atoms with van der Waals surface area (Å²) in [5.41, 5.74) is 0.316. The van der Waals surface area contributed by atoms with E-state index in [1.807, 2.05) is 0 Å². The Kier molecular flexibility index (Phi) is 6.01. The molecule has 118 valence electrons. The van der Waals surface area contributed by atoms with E-state index in [1.165, 1.54) is 38.2 Å². The van der Waals surface area contributed by atoms with Crippen LogP contribution in [0.3, 0.4) is 0 Å². The van der Waals surface area contributed by atoms with E-state index in [0.29, 0.717) is 18.1 Å². The highest BCUT2D eigenvalue weighted by Crippen LogP contribution is 2.32. The Morgan fingerprint density at radius 3 is 2.38 bits per heavy atom. The minimum atomic E-state index is -0.855. The average Bonchev–Trinajstić information content (AvgIpc) is 2.51. The Bertz CT molecular complexity index is 451. The van der Waals surface area contributed by atoms with E-state index in [-0.39, 0.29) is 5.75 Å². The largest absolute Gasteiger partial charge is 0.490 e. The Balaban J connectivity index is 1.79. The maximum Gasteiger partial charge on any atom is 0.200 e. The van der Waals surface area contributed by atoms with Crippen LogP contribution in [0.15, 0.2) is 12.1 Å². The monoisotopic (exact) mass is 296 g/mol. The molecule has 21 heavy (non-hydrogen) atoms. The Morgan fingerprint density at radius 2 is 1.71 bits per heavy atom. The van der Waals surface area contributed by atoms with Gasteiger partial charge in [0.2, 0.25) is 5.82 Å². The quantitative estimate of drug-likeness (QED) is 0.659. The summed E-state index contributed by atoms with van der Waals surface area (Å²) in [6.07, 6.45) is 8.70. The van der Waals surface area contributed by atoms with Crippen molar-refractivity contribution < 1.29 is 13.5 Å². The molecule has 0 spiro atoms. The number of rotatable bonds is 6. The molecule has 0 atom stereocenters. The van der Waals surface area contributed by atoms with Gasteiger partial charge >= 0.3 is 0 Å². The minimum absolute atomic E-state index is 0.0474. The predicted octanol–water partition coefficient (Wildman–Crippen LogP) is 5.65. The van der Waals surface area contributed by atoms with Gasteiger partial charge in [0, 0.05) is 0 Å². The second kappa shape index (κ2) is 7.77. The summed E-state index contributed by atoms with van der Waals surface area (Å²) in [5, 5.41) is 0. The van der Waals surface area contributed by atoms with Crippen LogP contribution in [0.1, 0.15) is 57.4 Å². The molecular formula is C18H26F2O. The molecule has 0 N–H and O–H groups in total. The second-order valence-corrected chi connectivity index (χ2v) is 6.35. The highest BCUT2D eigenvalue weighted by atomic mass is 19.2. The van der Waals surface area contributed by atoms with Gasteiger partial charge in [-0.2, -0.15) is 4.39 Å². The molecule has 0 aliphatic heterocycles. The third kappa shape index (κ3) is 4.42. The molecule has 2 rings (SSSR count). The van der Waals surface area contributed by atoms with Gasteiger partial charge in [-0.05, 0) is 43.2 Å². The van der Waals surface area contributed by atoms with Gasteiger partial charge in [0.1, 0.15) is 0 Å². The summed E-state index contributed by atoms with van der Waals surface area (Å²) < 4.78 is 32.7. The van der Waals surface area contributed by atoms with Gasteiger partial charge in [-0.3, -0.25) is 0 Å². The third-order valence-electron chi connectivity index (χ3n) is 4.65. The lowest BCUT2D eigenvalue weighted by atomic mass is 9.80. The molecule has 0 unspecified atom stereocenters. The molecule has 0 aromatic heterocycles. The van der Waals surface area contributed by atoms with E-state index < -0.39 is 11.6 Å². The van der Waals surface area contributed by atoms with Crippen LogP contribution in [0.5, 0.6) is 5.75 Å². The van der Waals surface area contributed by atoms with Crippen LogP contribution in [0.2, 0.25) is 0 Å². The summed E-state index contributed by atoms with van der Waals surface area (Å²) in [5.74, 6) is -0.269. The van der Waals surface area contributed by atoms with Gasteiger partial charge in [-0.25, -0.2) is 4.39 Å². The van der Waals surface area contributed by atoms with Gasteiger partial charge in [0.05, 0.1) is 6.61 Å². The van der Waals surface area contributed by atoms with Gasteiger partial charge in [0.15, 0.2) is 11.6 Å². The van der Waals surface area contributed by atoms with Crippen molar-refractivity contribution in [3.8, 4) is 5.75 Å². The van der Waals surface area contributed by atoms with Crippen LogP contribution in [0, 0.1) is 30.4 Å². The normalized spacial score (nSPS) is 22.3. The van der Waals surface area contributed by atoms with Crippen LogP contribution in [-0.4, -0.2) is 6.61 Å². The van der Waals surface area contributed by atoms with Crippen molar-refractivity contribution in [1.29, 1.82) is 0 Å². The van der Waals surface area contributed by atoms with Crippen molar-refractivity contribution in [3.05, 3.63) is 29.3 Å². The summed E-state index contributed by atoms with van der Waals surface area (Å²) in [6.45, 7) is 4.29. The number of hydrogen-bond donors (Lipinski definition) is 0. The smallest absolute Gasteiger partial charge is 0.200 e. The fourth-order valence-corrected chi connectivity index (χ4v) is 3.13. The Hall–Kier alpha value is -1.12. The fourth-order valence-electron chi connectivity index (χ4n) is 3.13. The maximum atomic E-state index is 13.7.